The van der Waals surface area contributed by atoms with E-state index in [0.717, 1.165) is 11.1 Å². The number of aromatic nitrogens is 1. The number of pyridine rings is 1. The Morgan fingerprint density at radius 1 is 1.19 bits per heavy atom. The number of hydrogen-bond donors (Lipinski definition) is 0. The van der Waals surface area contributed by atoms with E-state index >= 15 is 4.39 Å². The van der Waals surface area contributed by atoms with Crippen molar-refractivity contribution in [2.45, 2.75) is 63.7 Å². The Balaban J connectivity index is 1.85. The van der Waals surface area contributed by atoms with Crippen LogP contribution >= 0.6 is 11.6 Å². The Kier molecular flexibility index (Phi) is 6.31. The normalized spacial score (nSPS) is 22.4. The highest BCUT2D eigenvalue weighted by molar-refractivity contribution is 6.74. The van der Waals surface area contributed by atoms with Crippen LogP contribution < -0.4 is 0 Å². The summed E-state index contributed by atoms with van der Waals surface area (Å²) in [6.45, 7) is 6.16. The van der Waals surface area contributed by atoms with Gasteiger partial charge in [-0.2, -0.15) is 22.0 Å². The summed E-state index contributed by atoms with van der Waals surface area (Å²) >= 11 is 6.41. The van der Waals surface area contributed by atoms with Gasteiger partial charge in [-0.3, -0.25) is 4.99 Å². The second-order valence-electron chi connectivity index (χ2n) is 10.4. The van der Waals surface area contributed by atoms with Gasteiger partial charge in [0.05, 0.1) is 17.7 Å². The van der Waals surface area contributed by atoms with Crippen LogP contribution in [0.5, 0.6) is 0 Å². The summed E-state index contributed by atoms with van der Waals surface area (Å²) in [6, 6.07) is 1.54. The molecular formula is C23H24ClF6N3O2Si. The van der Waals surface area contributed by atoms with Crippen molar-refractivity contribution in [3.63, 3.8) is 0 Å². The van der Waals surface area contributed by atoms with Crippen LogP contribution in [0.25, 0.3) is 5.76 Å². The van der Waals surface area contributed by atoms with Crippen molar-refractivity contribution in [1.82, 2.24) is 9.88 Å². The topological polar surface area (TPSA) is 47.0 Å². The van der Waals surface area contributed by atoms with Gasteiger partial charge in [-0.15, -0.1) is 0 Å². The predicted octanol–water partition coefficient (Wildman–Crippen LogP) is 7.29. The molecule has 3 aliphatic rings. The minimum absolute atomic E-state index is 0.0633. The van der Waals surface area contributed by atoms with Gasteiger partial charge < -0.3 is 14.1 Å². The van der Waals surface area contributed by atoms with Crippen molar-refractivity contribution in [2.24, 2.45) is 4.99 Å². The maximum absolute atomic E-state index is 15.8. The molecular weight excluding hydrogens is 528 g/mol. The Bertz CT molecular complexity index is 1220. The maximum Gasteiger partial charge on any atom is 0.417 e. The number of halogens is 7. The van der Waals surface area contributed by atoms with Gasteiger partial charge in [-0.1, -0.05) is 32.4 Å². The van der Waals surface area contributed by atoms with E-state index in [4.69, 9.17) is 16.0 Å². The number of nitrogens with zero attached hydrogens (tertiary/aromatic N) is 3. The van der Waals surface area contributed by atoms with Crippen molar-refractivity contribution >= 4 is 31.5 Å². The van der Waals surface area contributed by atoms with Crippen LogP contribution in [-0.2, 0) is 14.7 Å². The summed E-state index contributed by atoms with van der Waals surface area (Å²) in [5, 5.41) is -0.338. The minimum atomic E-state index is -4.83. The smallest absolute Gasteiger partial charge is 0.417 e. The molecule has 0 saturated carbocycles. The van der Waals surface area contributed by atoms with Gasteiger partial charge in [0.15, 0.2) is 11.6 Å². The predicted molar refractivity (Wildman–Crippen MR) is 125 cm³/mol. The molecule has 13 heteroatoms. The van der Waals surface area contributed by atoms with E-state index < -0.39 is 43.8 Å². The molecule has 1 unspecified atom stereocenters. The standard InChI is InChI=1S/C23H24ClF6N3O2Si/c1-21(2,3)36(4,5)35-17-14(25)9-22(13-6-7-31-18(24)16(13)17)11-33-10-12(23(28,29)30)8-15(19(33)32-22)34-20(26)27/h6-8,10,20H,9,11H2,1-5H3. The number of ether oxygens (including phenoxy) is 1. The summed E-state index contributed by atoms with van der Waals surface area (Å²) < 4.78 is 93.0. The van der Waals surface area contributed by atoms with Crippen molar-refractivity contribution in [3.8, 4) is 0 Å². The van der Waals surface area contributed by atoms with Crippen LogP contribution in [0.1, 0.15) is 38.3 Å². The molecule has 1 spiro atoms. The van der Waals surface area contributed by atoms with Gasteiger partial charge in [-0.05, 0) is 35.8 Å². The summed E-state index contributed by atoms with van der Waals surface area (Å²) in [4.78, 5) is 9.57. The van der Waals surface area contributed by atoms with Crippen molar-refractivity contribution < 1.29 is 35.5 Å². The molecule has 196 valence electrons. The summed E-state index contributed by atoms with van der Waals surface area (Å²) in [5.41, 5.74) is -2.14. The minimum Gasteiger partial charge on any atom is -0.541 e. The molecule has 0 N–H and O–H groups in total. The molecule has 3 heterocycles. The zero-order chi connectivity index (χ0) is 26.8. The first kappa shape index (κ1) is 26.6. The second-order valence-corrected chi connectivity index (χ2v) is 15.4. The highest BCUT2D eigenvalue weighted by Gasteiger charge is 2.51. The molecule has 5 nitrogen and oxygen atoms in total. The van der Waals surface area contributed by atoms with Gasteiger partial charge in [0.2, 0.25) is 0 Å². The van der Waals surface area contributed by atoms with Crippen molar-refractivity contribution in [2.75, 3.05) is 6.54 Å². The average Bonchev–Trinajstić information content (AvgIpc) is 3.08. The van der Waals surface area contributed by atoms with Crippen LogP contribution in [-0.4, -0.2) is 43.4 Å². The van der Waals surface area contributed by atoms with Gasteiger partial charge >= 0.3 is 12.8 Å². The lowest BCUT2D eigenvalue weighted by Gasteiger charge is -2.40. The van der Waals surface area contributed by atoms with Gasteiger partial charge in [-0.25, -0.2) is 9.37 Å². The molecule has 36 heavy (non-hydrogen) atoms. The molecule has 0 bridgehead atoms. The first-order valence-electron chi connectivity index (χ1n) is 11.0. The van der Waals surface area contributed by atoms with Crippen LogP contribution in [0.4, 0.5) is 26.3 Å². The van der Waals surface area contributed by atoms with Crippen LogP contribution in [0, 0.1) is 0 Å². The van der Waals surface area contributed by atoms with Gasteiger partial charge in [0.1, 0.15) is 22.3 Å². The molecule has 0 saturated heterocycles. The number of allylic oxidation sites excluding steroid dienone is 2. The number of rotatable bonds is 4. The van der Waals surface area contributed by atoms with Crippen molar-refractivity contribution in [1.29, 1.82) is 0 Å². The van der Waals surface area contributed by atoms with Crippen LogP contribution in [0.2, 0.25) is 23.3 Å². The number of aliphatic imine (C=N–C) groups is 1. The molecule has 1 atom stereocenters. The van der Waals surface area contributed by atoms with E-state index in [-0.39, 0.29) is 40.3 Å². The fourth-order valence-electron chi connectivity index (χ4n) is 4.07. The largest absolute Gasteiger partial charge is 0.541 e. The lowest BCUT2D eigenvalue weighted by Crippen LogP contribution is -2.42. The fraction of sp³-hybridized carbons (Fsp3) is 0.478. The lowest BCUT2D eigenvalue weighted by atomic mass is 9.80. The third-order valence-corrected chi connectivity index (χ3v) is 11.5. The third-order valence-electron chi connectivity index (χ3n) is 6.86. The van der Waals surface area contributed by atoms with E-state index in [0.29, 0.717) is 11.6 Å². The molecule has 0 aromatic carbocycles. The second kappa shape index (κ2) is 8.54. The van der Waals surface area contributed by atoms with E-state index in [1.54, 1.807) is 0 Å². The Hall–Kier alpha value is -2.47. The molecule has 2 aliphatic heterocycles. The van der Waals surface area contributed by atoms with E-state index in [9.17, 15) is 22.0 Å². The molecule has 1 aromatic rings. The molecule has 4 rings (SSSR count). The Morgan fingerprint density at radius 3 is 2.44 bits per heavy atom. The van der Waals surface area contributed by atoms with E-state index in [2.05, 4.69) is 14.7 Å². The molecule has 1 aliphatic carbocycles. The summed E-state index contributed by atoms with van der Waals surface area (Å²) in [7, 11) is -2.54. The maximum atomic E-state index is 15.8. The highest BCUT2D eigenvalue weighted by atomic mass is 35.5. The number of hydrogen-bond acceptors (Lipinski definition) is 5. The van der Waals surface area contributed by atoms with E-state index in [1.807, 2.05) is 33.9 Å². The molecule has 0 radical (unpaired) electrons. The zero-order valence-electron chi connectivity index (χ0n) is 20.1. The van der Waals surface area contributed by atoms with E-state index in [1.165, 1.54) is 12.3 Å². The quantitative estimate of drug-likeness (QED) is 0.224. The SMILES string of the molecule is CC(C)(C)[Si](C)(C)OC1=C(F)CC2(CN3C=C(C(F)(F)F)C=C(OC(F)F)C3=N2)c2ccnc(Cl)c21. The monoisotopic (exact) mass is 551 g/mol. The van der Waals surface area contributed by atoms with Crippen LogP contribution in [0.15, 0.2) is 46.7 Å². The Morgan fingerprint density at radius 2 is 1.86 bits per heavy atom. The first-order valence-corrected chi connectivity index (χ1v) is 14.3. The first-order chi connectivity index (χ1) is 16.4. The van der Waals surface area contributed by atoms with Crippen LogP contribution in [0.3, 0.4) is 0 Å². The average molecular weight is 552 g/mol. The summed E-state index contributed by atoms with van der Waals surface area (Å²) in [6.07, 6.45) is -2.62. The summed E-state index contributed by atoms with van der Waals surface area (Å²) in [5.74, 6) is -1.79. The Labute approximate surface area is 210 Å². The van der Waals surface area contributed by atoms with Gasteiger partial charge in [0, 0.05) is 18.8 Å². The third kappa shape index (κ3) is 4.53. The molecule has 1 aromatic heterocycles. The number of alkyl halides is 5. The lowest BCUT2D eigenvalue weighted by molar-refractivity contribution is -0.0981. The highest BCUT2D eigenvalue weighted by Crippen LogP contribution is 2.52. The number of fused-ring (bicyclic) bond motifs is 3. The zero-order valence-corrected chi connectivity index (χ0v) is 21.9. The van der Waals surface area contributed by atoms with Crippen molar-refractivity contribution in [3.05, 3.63) is 58.0 Å². The number of amidine groups is 1. The van der Waals surface area contributed by atoms with Gasteiger partial charge in [0.25, 0.3) is 8.32 Å². The molecule has 0 amide bonds. The molecule has 0 fully saturated rings. The fourth-order valence-corrected chi connectivity index (χ4v) is 5.35.